The van der Waals surface area contributed by atoms with Crippen molar-refractivity contribution in [2.45, 2.75) is 0 Å². The molecule has 1 heterocycles. The highest BCUT2D eigenvalue weighted by molar-refractivity contribution is 5.63. The fourth-order valence-corrected chi connectivity index (χ4v) is 2.03. The fraction of sp³-hybridized carbons (Fsp3) is 0. The number of benzene rings is 2. The largest absolute Gasteiger partial charge is 0.306 e. The van der Waals surface area contributed by atoms with E-state index in [0.717, 1.165) is 12.1 Å². The molecule has 0 spiro atoms. The molecule has 0 saturated heterocycles. The van der Waals surface area contributed by atoms with Crippen LogP contribution in [0.25, 0.3) is 22.6 Å². The van der Waals surface area contributed by atoms with E-state index in [4.69, 9.17) is 0 Å². The lowest BCUT2D eigenvalue weighted by molar-refractivity contribution is 0.585. The van der Waals surface area contributed by atoms with Crippen molar-refractivity contribution in [2.24, 2.45) is 0 Å². The summed E-state index contributed by atoms with van der Waals surface area (Å²) in [7, 11) is 0. The summed E-state index contributed by atoms with van der Waals surface area (Å²) in [6.07, 6.45) is 0. The number of nitrogens with zero attached hydrogens (tertiary/aromatic N) is 1. The summed E-state index contributed by atoms with van der Waals surface area (Å²) in [6.45, 7) is 0. The first kappa shape index (κ1) is 13.2. The van der Waals surface area contributed by atoms with Crippen LogP contribution in [0.15, 0.2) is 59.4 Å². The number of halogens is 2. The maximum absolute atomic E-state index is 13.8. The van der Waals surface area contributed by atoms with Gasteiger partial charge in [-0.2, -0.15) is 0 Å². The van der Waals surface area contributed by atoms with Crippen molar-refractivity contribution in [2.75, 3.05) is 0 Å². The first-order chi connectivity index (χ1) is 10.1. The maximum atomic E-state index is 13.8. The highest BCUT2D eigenvalue weighted by Gasteiger charge is 2.10. The summed E-state index contributed by atoms with van der Waals surface area (Å²) in [5.41, 5.74) is 0.552. The molecule has 0 saturated carbocycles. The number of hydrogen-bond donors (Lipinski definition) is 1. The minimum absolute atomic E-state index is 0.0830. The van der Waals surface area contributed by atoms with E-state index in [1.54, 1.807) is 24.3 Å². The Bertz CT molecular complexity index is 844. The van der Waals surface area contributed by atoms with Crippen molar-refractivity contribution in [1.82, 2.24) is 9.97 Å². The topological polar surface area (TPSA) is 45.8 Å². The second kappa shape index (κ2) is 5.28. The molecule has 1 aromatic heterocycles. The minimum Gasteiger partial charge on any atom is -0.306 e. The maximum Gasteiger partial charge on any atom is 0.251 e. The summed E-state index contributed by atoms with van der Waals surface area (Å²) in [5.74, 6) is -1.10. The third-order valence-corrected chi connectivity index (χ3v) is 3.00. The van der Waals surface area contributed by atoms with Gasteiger partial charge in [0.2, 0.25) is 0 Å². The van der Waals surface area contributed by atoms with Crippen LogP contribution in [0.1, 0.15) is 0 Å². The first-order valence-electron chi connectivity index (χ1n) is 6.26. The van der Waals surface area contributed by atoms with E-state index in [1.807, 2.05) is 6.07 Å². The van der Waals surface area contributed by atoms with E-state index in [0.29, 0.717) is 11.4 Å². The van der Waals surface area contributed by atoms with Crippen LogP contribution in [-0.4, -0.2) is 9.97 Å². The number of aromatic nitrogens is 2. The molecule has 0 aliphatic rings. The normalized spacial score (nSPS) is 10.6. The minimum atomic E-state index is -0.757. The Balaban J connectivity index is 2.16. The van der Waals surface area contributed by atoms with Gasteiger partial charge in [0, 0.05) is 23.3 Å². The van der Waals surface area contributed by atoms with E-state index in [2.05, 4.69) is 9.97 Å². The van der Waals surface area contributed by atoms with Crippen LogP contribution in [0.4, 0.5) is 8.78 Å². The second-order valence-electron chi connectivity index (χ2n) is 4.47. The van der Waals surface area contributed by atoms with Gasteiger partial charge in [0.25, 0.3) is 5.56 Å². The van der Waals surface area contributed by atoms with Crippen molar-refractivity contribution < 1.29 is 8.78 Å². The smallest absolute Gasteiger partial charge is 0.251 e. The van der Waals surface area contributed by atoms with Crippen LogP contribution >= 0.6 is 0 Å². The van der Waals surface area contributed by atoms with Crippen LogP contribution in [0.5, 0.6) is 0 Å². The second-order valence-corrected chi connectivity index (χ2v) is 4.47. The first-order valence-corrected chi connectivity index (χ1v) is 6.26. The molecule has 0 radical (unpaired) electrons. The molecule has 3 rings (SSSR count). The van der Waals surface area contributed by atoms with E-state index >= 15 is 0 Å². The van der Waals surface area contributed by atoms with Gasteiger partial charge in [-0.3, -0.25) is 4.79 Å². The van der Waals surface area contributed by atoms with Crippen LogP contribution in [-0.2, 0) is 0 Å². The SMILES string of the molecule is O=c1cc(-c2ccc(F)cc2F)nc(-c2ccccc2)[nH]1. The average molecular weight is 284 g/mol. The molecule has 1 N–H and O–H groups in total. The molecule has 2 aromatic carbocycles. The number of hydrogen-bond acceptors (Lipinski definition) is 2. The summed E-state index contributed by atoms with van der Waals surface area (Å²) < 4.78 is 26.8. The van der Waals surface area contributed by atoms with Gasteiger partial charge in [-0.15, -0.1) is 0 Å². The summed E-state index contributed by atoms with van der Waals surface area (Å²) in [4.78, 5) is 18.6. The van der Waals surface area contributed by atoms with Crippen molar-refractivity contribution in [3.05, 3.63) is 76.6 Å². The molecular formula is C16H10F2N2O. The molecule has 5 heteroatoms. The molecule has 3 nitrogen and oxygen atoms in total. The Labute approximate surface area is 118 Å². The van der Waals surface area contributed by atoms with E-state index in [9.17, 15) is 13.6 Å². The Morgan fingerprint density at radius 3 is 2.43 bits per heavy atom. The Hall–Kier alpha value is -2.82. The van der Waals surface area contributed by atoms with Gasteiger partial charge >= 0.3 is 0 Å². The number of H-pyrrole nitrogens is 1. The third-order valence-electron chi connectivity index (χ3n) is 3.00. The van der Waals surface area contributed by atoms with Crippen molar-refractivity contribution in [1.29, 1.82) is 0 Å². The molecule has 0 aliphatic carbocycles. The van der Waals surface area contributed by atoms with Gasteiger partial charge in [-0.1, -0.05) is 30.3 Å². The number of rotatable bonds is 2. The molecule has 0 atom stereocenters. The lowest BCUT2D eigenvalue weighted by Gasteiger charge is -2.05. The molecule has 0 amide bonds. The Morgan fingerprint density at radius 1 is 0.952 bits per heavy atom. The van der Waals surface area contributed by atoms with Crippen LogP contribution in [0.2, 0.25) is 0 Å². The van der Waals surface area contributed by atoms with Crippen LogP contribution in [0, 0.1) is 11.6 Å². The number of nitrogens with one attached hydrogen (secondary N) is 1. The lowest BCUT2D eigenvalue weighted by atomic mass is 10.1. The fourth-order valence-electron chi connectivity index (χ4n) is 2.03. The molecule has 0 unspecified atom stereocenters. The predicted octanol–water partition coefficient (Wildman–Crippen LogP) is 3.38. The van der Waals surface area contributed by atoms with Gasteiger partial charge in [0.05, 0.1) is 5.69 Å². The van der Waals surface area contributed by atoms with Gasteiger partial charge in [-0.25, -0.2) is 13.8 Å². The van der Waals surface area contributed by atoms with Crippen molar-refractivity contribution in [3.63, 3.8) is 0 Å². The lowest BCUT2D eigenvalue weighted by Crippen LogP contribution is -2.09. The molecule has 104 valence electrons. The number of aromatic amines is 1. The molecule has 21 heavy (non-hydrogen) atoms. The third kappa shape index (κ3) is 2.72. The van der Waals surface area contributed by atoms with Gasteiger partial charge in [0.1, 0.15) is 17.5 Å². The summed E-state index contributed by atoms with van der Waals surface area (Å²) in [5, 5.41) is 0. The Morgan fingerprint density at radius 2 is 1.71 bits per heavy atom. The highest BCUT2D eigenvalue weighted by Crippen LogP contribution is 2.22. The standard InChI is InChI=1S/C16H10F2N2O/c17-11-6-7-12(13(18)8-11)14-9-15(21)20-16(19-14)10-4-2-1-3-5-10/h1-9H,(H,19,20,21). The molecule has 3 aromatic rings. The monoisotopic (exact) mass is 284 g/mol. The molecule has 0 fully saturated rings. The van der Waals surface area contributed by atoms with Crippen LogP contribution in [0.3, 0.4) is 0 Å². The van der Waals surface area contributed by atoms with Crippen LogP contribution < -0.4 is 5.56 Å². The predicted molar refractivity (Wildman–Crippen MR) is 75.6 cm³/mol. The zero-order valence-corrected chi connectivity index (χ0v) is 10.8. The zero-order valence-electron chi connectivity index (χ0n) is 10.8. The highest BCUT2D eigenvalue weighted by atomic mass is 19.1. The molecule has 0 aliphatic heterocycles. The van der Waals surface area contributed by atoms with Gasteiger partial charge in [-0.05, 0) is 12.1 Å². The van der Waals surface area contributed by atoms with Gasteiger partial charge < -0.3 is 4.98 Å². The Kier molecular flexibility index (Phi) is 3.31. The summed E-state index contributed by atoms with van der Waals surface area (Å²) in [6, 6.07) is 13.4. The van der Waals surface area contributed by atoms with E-state index in [-0.39, 0.29) is 11.3 Å². The van der Waals surface area contributed by atoms with Crippen molar-refractivity contribution in [3.8, 4) is 22.6 Å². The van der Waals surface area contributed by atoms with E-state index < -0.39 is 17.2 Å². The van der Waals surface area contributed by atoms with E-state index in [1.165, 1.54) is 12.1 Å². The summed E-state index contributed by atoms with van der Waals surface area (Å²) >= 11 is 0. The molecule has 0 bridgehead atoms. The average Bonchev–Trinajstić information content (AvgIpc) is 2.47. The zero-order chi connectivity index (χ0) is 14.8. The quantitative estimate of drug-likeness (QED) is 0.784. The molecular weight excluding hydrogens is 274 g/mol. The van der Waals surface area contributed by atoms with Crippen molar-refractivity contribution >= 4 is 0 Å². The van der Waals surface area contributed by atoms with Gasteiger partial charge in [0.15, 0.2) is 0 Å².